The molecule has 0 radical (unpaired) electrons. The minimum atomic E-state index is -0.216. The standard InChI is InChI=1S/C16H15FN4/c1-21-11-19-20-16(21)13-4-8-15(9-5-13)18-10-12-2-6-14(17)7-3-12/h2-9,11,18H,10H2,1H3. The van der Waals surface area contributed by atoms with Crippen molar-refractivity contribution in [2.75, 3.05) is 5.32 Å². The van der Waals surface area contributed by atoms with E-state index >= 15 is 0 Å². The Labute approximate surface area is 122 Å². The highest BCUT2D eigenvalue weighted by atomic mass is 19.1. The topological polar surface area (TPSA) is 42.7 Å². The third-order valence-corrected chi connectivity index (χ3v) is 3.26. The first kappa shape index (κ1) is 13.3. The normalized spacial score (nSPS) is 10.6. The zero-order chi connectivity index (χ0) is 14.7. The van der Waals surface area contributed by atoms with Crippen LogP contribution in [0.25, 0.3) is 11.4 Å². The lowest BCUT2D eigenvalue weighted by Gasteiger charge is -2.07. The van der Waals surface area contributed by atoms with E-state index in [4.69, 9.17) is 0 Å². The van der Waals surface area contributed by atoms with E-state index in [1.54, 1.807) is 18.5 Å². The second-order valence-electron chi connectivity index (χ2n) is 4.82. The maximum absolute atomic E-state index is 12.8. The lowest BCUT2D eigenvalue weighted by molar-refractivity contribution is 0.627. The minimum Gasteiger partial charge on any atom is -0.381 e. The second kappa shape index (κ2) is 5.75. The highest BCUT2D eigenvalue weighted by Crippen LogP contribution is 2.19. The summed E-state index contributed by atoms with van der Waals surface area (Å²) in [5.74, 6) is 0.617. The van der Waals surface area contributed by atoms with E-state index in [2.05, 4.69) is 15.5 Å². The van der Waals surface area contributed by atoms with E-state index in [-0.39, 0.29) is 5.82 Å². The van der Waals surface area contributed by atoms with Gasteiger partial charge in [0.1, 0.15) is 12.1 Å². The molecule has 0 aliphatic heterocycles. The van der Waals surface area contributed by atoms with Crippen LogP contribution in [0.5, 0.6) is 0 Å². The Bertz CT molecular complexity index is 717. The Balaban J connectivity index is 1.67. The van der Waals surface area contributed by atoms with Crippen LogP contribution < -0.4 is 5.32 Å². The zero-order valence-electron chi connectivity index (χ0n) is 11.6. The SMILES string of the molecule is Cn1cnnc1-c1ccc(NCc2ccc(F)cc2)cc1. The van der Waals surface area contributed by atoms with Gasteiger partial charge in [-0.3, -0.25) is 0 Å². The number of hydrogen-bond acceptors (Lipinski definition) is 3. The molecule has 1 heterocycles. The molecule has 4 nitrogen and oxygen atoms in total. The van der Waals surface area contributed by atoms with Gasteiger partial charge in [0.2, 0.25) is 0 Å². The first-order valence-electron chi connectivity index (χ1n) is 6.65. The van der Waals surface area contributed by atoms with Crippen molar-refractivity contribution in [2.45, 2.75) is 6.54 Å². The molecule has 0 aliphatic carbocycles. The monoisotopic (exact) mass is 282 g/mol. The number of benzene rings is 2. The van der Waals surface area contributed by atoms with Gasteiger partial charge in [-0.15, -0.1) is 10.2 Å². The van der Waals surface area contributed by atoms with Gasteiger partial charge in [-0.2, -0.15) is 0 Å². The van der Waals surface area contributed by atoms with Gasteiger partial charge in [0.15, 0.2) is 5.82 Å². The van der Waals surface area contributed by atoms with E-state index in [0.29, 0.717) is 6.54 Å². The van der Waals surface area contributed by atoms with Gasteiger partial charge in [0.05, 0.1) is 0 Å². The Morgan fingerprint density at radius 2 is 1.76 bits per heavy atom. The molecule has 5 heteroatoms. The van der Waals surface area contributed by atoms with Gasteiger partial charge in [0, 0.05) is 24.8 Å². The predicted octanol–water partition coefficient (Wildman–Crippen LogP) is 3.23. The molecule has 0 aliphatic rings. The molecule has 0 bridgehead atoms. The van der Waals surface area contributed by atoms with E-state index in [1.807, 2.05) is 35.9 Å². The smallest absolute Gasteiger partial charge is 0.163 e. The summed E-state index contributed by atoms with van der Waals surface area (Å²) in [5, 5.41) is 11.2. The van der Waals surface area contributed by atoms with Gasteiger partial charge >= 0.3 is 0 Å². The summed E-state index contributed by atoms with van der Waals surface area (Å²) < 4.78 is 14.7. The first-order valence-corrected chi connectivity index (χ1v) is 6.65. The Morgan fingerprint density at radius 1 is 1.05 bits per heavy atom. The summed E-state index contributed by atoms with van der Waals surface area (Å²) in [6.07, 6.45) is 1.68. The Morgan fingerprint density at radius 3 is 2.38 bits per heavy atom. The predicted molar refractivity (Wildman–Crippen MR) is 80.2 cm³/mol. The lowest BCUT2D eigenvalue weighted by Crippen LogP contribution is -1.99. The summed E-state index contributed by atoms with van der Waals surface area (Å²) in [6, 6.07) is 14.5. The highest BCUT2D eigenvalue weighted by molar-refractivity contribution is 5.59. The quantitative estimate of drug-likeness (QED) is 0.799. The third-order valence-electron chi connectivity index (χ3n) is 3.26. The van der Waals surface area contributed by atoms with Crippen LogP contribution in [0.4, 0.5) is 10.1 Å². The summed E-state index contributed by atoms with van der Waals surface area (Å²) in [4.78, 5) is 0. The molecule has 1 aromatic heterocycles. The van der Waals surface area contributed by atoms with Gasteiger partial charge in [-0.1, -0.05) is 12.1 Å². The number of anilines is 1. The molecule has 0 spiro atoms. The van der Waals surface area contributed by atoms with Crippen molar-refractivity contribution >= 4 is 5.69 Å². The van der Waals surface area contributed by atoms with E-state index in [0.717, 1.165) is 22.6 Å². The van der Waals surface area contributed by atoms with Crippen molar-refractivity contribution in [1.29, 1.82) is 0 Å². The number of nitrogens with zero attached hydrogens (tertiary/aromatic N) is 3. The van der Waals surface area contributed by atoms with Crippen molar-refractivity contribution < 1.29 is 4.39 Å². The van der Waals surface area contributed by atoms with Crippen LogP contribution in [0.1, 0.15) is 5.56 Å². The summed E-state index contributed by atoms with van der Waals surface area (Å²) in [7, 11) is 1.91. The number of rotatable bonds is 4. The van der Waals surface area contributed by atoms with Gasteiger partial charge in [0.25, 0.3) is 0 Å². The van der Waals surface area contributed by atoms with Gasteiger partial charge in [-0.25, -0.2) is 4.39 Å². The fraction of sp³-hybridized carbons (Fsp3) is 0.125. The average molecular weight is 282 g/mol. The van der Waals surface area contributed by atoms with Gasteiger partial charge < -0.3 is 9.88 Å². The van der Waals surface area contributed by atoms with Crippen LogP contribution in [0.2, 0.25) is 0 Å². The van der Waals surface area contributed by atoms with Crippen LogP contribution in [0.15, 0.2) is 54.9 Å². The van der Waals surface area contributed by atoms with E-state index in [1.165, 1.54) is 12.1 Å². The summed E-state index contributed by atoms with van der Waals surface area (Å²) in [5.41, 5.74) is 3.06. The van der Waals surface area contributed by atoms with Crippen molar-refractivity contribution in [1.82, 2.24) is 14.8 Å². The van der Waals surface area contributed by atoms with Crippen LogP contribution in [0.3, 0.4) is 0 Å². The third kappa shape index (κ3) is 3.08. The zero-order valence-corrected chi connectivity index (χ0v) is 11.6. The fourth-order valence-corrected chi connectivity index (χ4v) is 2.09. The molecule has 0 fully saturated rings. The molecule has 0 saturated carbocycles. The molecular weight excluding hydrogens is 267 g/mol. The van der Waals surface area contributed by atoms with Gasteiger partial charge in [-0.05, 0) is 42.0 Å². The van der Waals surface area contributed by atoms with Crippen molar-refractivity contribution in [3.05, 3.63) is 66.2 Å². The maximum Gasteiger partial charge on any atom is 0.163 e. The molecular formula is C16H15FN4. The second-order valence-corrected chi connectivity index (χ2v) is 4.82. The average Bonchev–Trinajstić information content (AvgIpc) is 2.93. The molecule has 3 rings (SSSR count). The molecule has 0 unspecified atom stereocenters. The summed E-state index contributed by atoms with van der Waals surface area (Å²) >= 11 is 0. The van der Waals surface area contributed by atoms with Crippen molar-refractivity contribution in [3.8, 4) is 11.4 Å². The van der Waals surface area contributed by atoms with Crippen molar-refractivity contribution in [3.63, 3.8) is 0 Å². The molecule has 3 aromatic rings. The van der Waals surface area contributed by atoms with E-state index < -0.39 is 0 Å². The fourth-order valence-electron chi connectivity index (χ4n) is 2.09. The Kier molecular flexibility index (Phi) is 3.64. The molecule has 21 heavy (non-hydrogen) atoms. The minimum absolute atomic E-state index is 0.216. The molecule has 2 aromatic carbocycles. The Hall–Kier alpha value is -2.69. The first-order chi connectivity index (χ1) is 10.2. The number of hydrogen-bond donors (Lipinski definition) is 1. The molecule has 1 N–H and O–H groups in total. The van der Waals surface area contributed by atoms with E-state index in [9.17, 15) is 4.39 Å². The summed E-state index contributed by atoms with van der Waals surface area (Å²) in [6.45, 7) is 0.656. The van der Waals surface area contributed by atoms with Crippen LogP contribution >= 0.6 is 0 Å². The molecule has 106 valence electrons. The van der Waals surface area contributed by atoms with Crippen LogP contribution in [-0.2, 0) is 13.6 Å². The van der Waals surface area contributed by atoms with Crippen LogP contribution in [-0.4, -0.2) is 14.8 Å². The molecule has 0 saturated heterocycles. The number of aryl methyl sites for hydroxylation is 1. The van der Waals surface area contributed by atoms with Crippen LogP contribution in [0, 0.1) is 5.82 Å². The maximum atomic E-state index is 12.8. The molecule has 0 amide bonds. The number of nitrogens with one attached hydrogen (secondary N) is 1. The van der Waals surface area contributed by atoms with Crippen molar-refractivity contribution in [2.24, 2.45) is 7.05 Å². The number of aromatic nitrogens is 3. The number of halogens is 1. The molecule has 0 atom stereocenters. The largest absolute Gasteiger partial charge is 0.381 e. The lowest BCUT2D eigenvalue weighted by atomic mass is 10.2. The highest BCUT2D eigenvalue weighted by Gasteiger charge is 2.04.